The molecule has 1 saturated heterocycles. The number of ketones is 1. The van der Waals surface area contributed by atoms with Gasteiger partial charge in [0, 0.05) is 23.6 Å². The summed E-state index contributed by atoms with van der Waals surface area (Å²) < 4.78 is 18.8. The van der Waals surface area contributed by atoms with E-state index in [1.807, 2.05) is 6.92 Å². The van der Waals surface area contributed by atoms with Crippen LogP contribution < -0.4 is 9.64 Å². The summed E-state index contributed by atoms with van der Waals surface area (Å²) in [5.41, 5.74) is 2.78. The highest BCUT2D eigenvalue weighted by Gasteiger charge is 2.47. The highest BCUT2D eigenvalue weighted by Crippen LogP contribution is 2.42. The monoisotopic (exact) mass is 432 g/mol. The van der Waals surface area contributed by atoms with Gasteiger partial charge in [-0.15, -0.1) is 0 Å². The average Bonchev–Trinajstić information content (AvgIpc) is 3.06. The summed E-state index contributed by atoms with van der Waals surface area (Å²) in [5, 5.41) is 11.3. The van der Waals surface area contributed by atoms with Crippen LogP contribution in [0.2, 0.25) is 0 Å². The van der Waals surface area contributed by atoms with E-state index in [2.05, 4.69) is 4.98 Å². The average molecular weight is 432 g/mol. The van der Waals surface area contributed by atoms with E-state index in [0.717, 1.165) is 5.56 Å². The van der Waals surface area contributed by atoms with Crippen LogP contribution in [0.5, 0.6) is 5.75 Å². The first kappa shape index (κ1) is 21.2. The Hall–Kier alpha value is -4.00. The standard InChI is InChI=1S/C25H21FN2O4/c1-14-13-20(32-3)15(2)12-19(14)23(29)21-22(16-8-10-27-11-9-16)28(25(31)24(21)30)18-6-4-17(26)5-7-18/h4-13,22,29H,1-3H3/b23-21+. The number of hydrogen-bond acceptors (Lipinski definition) is 5. The van der Waals surface area contributed by atoms with Crippen molar-refractivity contribution in [3.05, 3.63) is 94.6 Å². The van der Waals surface area contributed by atoms with Gasteiger partial charge >= 0.3 is 0 Å². The fourth-order valence-electron chi connectivity index (χ4n) is 3.97. The van der Waals surface area contributed by atoms with Gasteiger partial charge in [0.1, 0.15) is 17.3 Å². The first-order chi connectivity index (χ1) is 15.3. The van der Waals surface area contributed by atoms with Crippen molar-refractivity contribution in [1.29, 1.82) is 0 Å². The minimum absolute atomic E-state index is 0.0433. The molecule has 1 amide bonds. The Morgan fingerprint density at radius 1 is 1.03 bits per heavy atom. The fraction of sp³-hybridized carbons (Fsp3) is 0.160. The molecule has 4 rings (SSSR count). The zero-order valence-electron chi connectivity index (χ0n) is 17.8. The number of ether oxygens (including phenoxy) is 1. The lowest BCUT2D eigenvalue weighted by atomic mass is 9.93. The second kappa shape index (κ2) is 8.26. The third-order valence-electron chi connectivity index (χ3n) is 5.57. The fourth-order valence-corrected chi connectivity index (χ4v) is 3.97. The maximum atomic E-state index is 13.5. The van der Waals surface area contributed by atoms with E-state index in [1.165, 1.54) is 29.2 Å². The Morgan fingerprint density at radius 2 is 1.69 bits per heavy atom. The number of rotatable bonds is 4. The van der Waals surface area contributed by atoms with Crippen LogP contribution in [-0.2, 0) is 9.59 Å². The van der Waals surface area contributed by atoms with Crippen LogP contribution in [0, 0.1) is 19.7 Å². The number of anilines is 1. The van der Waals surface area contributed by atoms with Crippen molar-refractivity contribution in [3.8, 4) is 5.75 Å². The number of nitrogens with zero attached hydrogens (tertiary/aromatic N) is 2. The molecule has 0 radical (unpaired) electrons. The molecule has 1 aromatic heterocycles. The van der Waals surface area contributed by atoms with E-state index in [4.69, 9.17) is 4.74 Å². The third kappa shape index (κ3) is 3.51. The number of amides is 1. The largest absolute Gasteiger partial charge is 0.507 e. The van der Waals surface area contributed by atoms with Gasteiger partial charge in [0.25, 0.3) is 11.7 Å². The molecule has 7 heteroatoms. The molecule has 1 N–H and O–H groups in total. The van der Waals surface area contributed by atoms with Gasteiger partial charge in [0.15, 0.2) is 0 Å². The Bertz CT molecular complexity index is 1240. The highest BCUT2D eigenvalue weighted by molar-refractivity contribution is 6.51. The molecule has 32 heavy (non-hydrogen) atoms. The topological polar surface area (TPSA) is 79.7 Å². The minimum Gasteiger partial charge on any atom is -0.507 e. The normalized spacial score (nSPS) is 17.6. The van der Waals surface area contributed by atoms with Crippen LogP contribution >= 0.6 is 0 Å². The molecule has 6 nitrogen and oxygen atoms in total. The molecule has 0 bridgehead atoms. The van der Waals surface area contributed by atoms with Gasteiger partial charge in [-0.3, -0.25) is 19.5 Å². The number of Topliss-reactive ketones (excluding diaryl/α,β-unsaturated/α-hetero) is 1. The van der Waals surface area contributed by atoms with Gasteiger partial charge in [-0.05, 0) is 79.1 Å². The van der Waals surface area contributed by atoms with E-state index >= 15 is 0 Å². The third-order valence-corrected chi connectivity index (χ3v) is 5.57. The Balaban J connectivity index is 1.96. The van der Waals surface area contributed by atoms with Crippen LogP contribution in [0.3, 0.4) is 0 Å². The molecule has 2 aromatic carbocycles. The van der Waals surface area contributed by atoms with Gasteiger partial charge in [0.2, 0.25) is 0 Å². The number of aliphatic hydroxyl groups is 1. The van der Waals surface area contributed by atoms with Gasteiger partial charge in [0.05, 0.1) is 18.7 Å². The zero-order valence-corrected chi connectivity index (χ0v) is 17.8. The van der Waals surface area contributed by atoms with Crippen molar-refractivity contribution in [3.63, 3.8) is 0 Å². The van der Waals surface area contributed by atoms with Gasteiger partial charge in [-0.1, -0.05) is 0 Å². The molecule has 0 saturated carbocycles. The molecule has 1 aliphatic rings. The minimum atomic E-state index is -0.898. The van der Waals surface area contributed by atoms with E-state index in [-0.39, 0.29) is 11.3 Å². The van der Waals surface area contributed by atoms with E-state index in [1.54, 1.807) is 50.7 Å². The van der Waals surface area contributed by atoms with E-state index < -0.39 is 23.5 Å². The number of carbonyl (C=O) groups is 2. The second-order valence-corrected chi connectivity index (χ2v) is 7.56. The van der Waals surface area contributed by atoms with Crippen LogP contribution in [0.15, 0.2) is 66.5 Å². The number of halogens is 1. The Kier molecular flexibility index (Phi) is 5.48. The maximum absolute atomic E-state index is 13.5. The van der Waals surface area contributed by atoms with Gasteiger partial charge < -0.3 is 9.84 Å². The van der Waals surface area contributed by atoms with Gasteiger partial charge in [-0.25, -0.2) is 4.39 Å². The smallest absolute Gasteiger partial charge is 0.300 e. The molecule has 0 spiro atoms. The van der Waals surface area contributed by atoms with Crippen molar-refractivity contribution in [2.75, 3.05) is 12.0 Å². The lowest BCUT2D eigenvalue weighted by molar-refractivity contribution is -0.132. The second-order valence-electron chi connectivity index (χ2n) is 7.56. The predicted octanol–water partition coefficient (Wildman–Crippen LogP) is 4.47. The summed E-state index contributed by atoms with van der Waals surface area (Å²) in [6.07, 6.45) is 3.09. The molecule has 162 valence electrons. The molecule has 2 heterocycles. The predicted molar refractivity (Wildman–Crippen MR) is 118 cm³/mol. The number of methoxy groups -OCH3 is 1. The maximum Gasteiger partial charge on any atom is 0.300 e. The molecule has 0 aliphatic carbocycles. The zero-order chi connectivity index (χ0) is 23.0. The molecule has 1 unspecified atom stereocenters. The SMILES string of the molecule is COc1cc(C)c(/C(O)=C2\C(=O)C(=O)N(c3ccc(F)cc3)C2c2ccncc2)cc1C. The van der Waals surface area contributed by atoms with Crippen molar-refractivity contribution < 1.29 is 23.8 Å². The number of pyridine rings is 1. The lowest BCUT2D eigenvalue weighted by Gasteiger charge is -2.25. The Labute approximate surface area is 184 Å². The summed E-state index contributed by atoms with van der Waals surface area (Å²) >= 11 is 0. The van der Waals surface area contributed by atoms with Crippen LogP contribution in [0.1, 0.15) is 28.3 Å². The van der Waals surface area contributed by atoms with Crippen molar-refractivity contribution in [2.45, 2.75) is 19.9 Å². The molecule has 1 aliphatic heterocycles. The number of hydrogen-bond donors (Lipinski definition) is 1. The van der Waals surface area contributed by atoms with E-state index in [9.17, 15) is 19.1 Å². The van der Waals surface area contributed by atoms with Crippen LogP contribution in [-0.4, -0.2) is 28.9 Å². The molecule has 1 fully saturated rings. The first-order valence-electron chi connectivity index (χ1n) is 9.95. The van der Waals surface area contributed by atoms with Gasteiger partial charge in [-0.2, -0.15) is 0 Å². The summed E-state index contributed by atoms with van der Waals surface area (Å²) in [6, 6.07) is 11.2. The quantitative estimate of drug-likeness (QED) is 0.374. The summed E-state index contributed by atoms with van der Waals surface area (Å²) in [6.45, 7) is 3.61. The van der Waals surface area contributed by atoms with Crippen molar-refractivity contribution in [2.24, 2.45) is 0 Å². The summed E-state index contributed by atoms with van der Waals surface area (Å²) in [7, 11) is 1.55. The molecule has 1 atom stereocenters. The molecular formula is C25H21FN2O4. The van der Waals surface area contributed by atoms with Crippen molar-refractivity contribution >= 4 is 23.1 Å². The summed E-state index contributed by atoms with van der Waals surface area (Å²) in [4.78, 5) is 31.5. The Morgan fingerprint density at radius 3 is 2.31 bits per heavy atom. The number of carbonyl (C=O) groups excluding carboxylic acids is 2. The van der Waals surface area contributed by atoms with Crippen LogP contribution in [0.25, 0.3) is 5.76 Å². The van der Waals surface area contributed by atoms with Crippen LogP contribution in [0.4, 0.5) is 10.1 Å². The lowest BCUT2D eigenvalue weighted by Crippen LogP contribution is -2.29. The number of aromatic nitrogens is 1. The highest BCUT2D eigenvalue weighted by atomic mass is 19.1. The number of aryl methyl sites for hydroxylation is 2. The molecular weight excluding hydrogens is 411 g/mol. The first-order valence-corrected chi connectivity index (χ1v) is 9.95. The van der Waals surface area contributed by atoms with E-state index in [0.29, 0.717) is 28.1 Å². The molecule has 3 aromatic rings. The summed E-state index contributed by atoms with van der Waals surface area (Å²) in [5.74, 6) is -1.71. The number of aliphatic hydroxyl groups excluding tert-OH is 1. The number of benzene rings is 2. The van der Waals surface area contributed by atoms with Crippen molar-refractivity contribution in [1.82, 2.24) is 4.98 Å².